The first-order chi connectivity index (χ1) is 13.6. The summed E-state index contributed by atoms with van der Waals surface area (Å²) in [6.45, 7) is 5.72. The van der Waals surface area contributed by atoms with Crippen LogP contribution < -0.4 is 0 Å². The van der Waals surface area contributed by atoms with Crippen molar-refractivity contribution in [3.63, 3.8) is 0 Å². The van der Waals surface area contributed by atoms with Crippen LogP contribution in [0.3, 0.4) is 0 Å². The fourth-order valence-electron chi connectivity index (χ4n) is 4.53. The van der Waals surface area contributed by atoms with Gasteiger partial charge in [-0.15, -0.1) is 0 Å². The number of ether oxygens (including phenoxy) is 1. The Balaban J connectivity index is 1.66. The Bertz CT molecular complexity index is 875. The molecule has 0 unspecified atom stereocenters. The molecule has 1 saturated heterocycles. The number of aryl methyl sites for hydroxylation is 1. The SMILES string of the molecule is CC(=O)c1c(C)[nH]c(C(=O)[C@H](C)OC(=O)CN2C(=O)[C@H]3CCCC[C@H]3C2=O)c1C. The van der Waals surface area contributed by atoms with Crippen LogP contribution in [0.4, 0.5) is 0 Å². The molecule has 3 rings (SSSR count). The molecule has 2 heterocycles. The van der Waals surface area contributed by atoms with Gasteiger partial charge in [0.1, 0.15) is 6.54 Å². The van der Waals surface area contributed by atoms with Gasteiger partial charge in [0.05, 0.1) is 17.5 Å². The van der Waals surface area contributed by atoms with Crippen molar-refractivity contribution in [2.24, 2.45) is 11.8 Å². The number of carbonyl (C=O) groups excluding carboxylic acids is 5. The van der Waals surface area contributed by atoms with Gasteiger partial charge in [-0.05, 0) is 46.1 Å². The van der Waals surface area contributed by atoms with Crippen LogP contribution >= 0.6 is 0 Å². The van der Waals surface area contributed by atoms with Gasteiger partial charge in [-0.1, -0.05) is 12.8 Å². The number of likely N-dealkylation sites (tertiary alicyclic amines) is 1. The van der Waals surface area contributed by atoms with Crippen molar-refractivity contribution in [1.29, 1.82) is 0 Å². The number of carbonyl (C=O) groups is 5. The molecule has 8 heteroatoms. The molecule has 156 valence electrons. The van der Waals surface area contributed by atoms with Crippen LogP contribution in [-0.2, 0) is 19.1 Å². The van der Waals surface area contributed by atoms with Crippen LogP contribution in [0.5, 0.6) is 0 Å². The molecule has 8 nitrogen and oxygen atoms in total. The molecule has 29 heavy (non-hydrogen) atoms. The van der Waals surface area contributed by atoms with Gasteiger partial charge in [-0.25, -0.2) is 0 Å². The molecule has 1 N–H and O–H groups in total. The number of rotatable bonds is 6. The summed E-state index contributed by atoms with van der Waals surface area (Å²) in [5, 5.41) is 0. The first kappa shape index (κ1) is 21.0. The molecular formula is C21H26N2O6. The van der Waals surface area contributed by atoms with Crippen LogP contribution in [0.25, 0.3) is 0 Å². The van der Waals surface area contributed by atoms with E-state index in [0.717, 1.165) is 17.7 Å². The van der Waals surface area contributed by atoms with Crippen molar-refractivity contribution in [3.05, 3.63) is 22.5 Å². The fraction of sp³-hybridized carbons (Fsp3) is 0.571. The zero-order valence-electron chi connectivity index (χ0n) is 17.2. The molecule has 3 atom stereocenters. The number of imide groups is 1. The number of aromatic amines is 1. The lowest BCUT2D eigenvalue weighted by Crippen LogP contribution is -2.38. The summed E-state index contributed by atoms with van der Waals surface area (Å²) in [6, 6.07) is 0. The van der Waals surface area contributed by atoms with E-state index in [2.05, 4.69) is 4.98 Å². The van der Waals surface area contributed by atoms with Gasteiger partial charge >= 0.3 is 5.97 Å². The predicted molar refractivity (Wildman–Crippen MR) is 102 cm³/mol. The first-order valence-electron chi connectivity index (χ1n) is 9.92. The molecule has 2 fully saturated rings. The Morgan fingerprint density at radius 1 is 1.10 bits per heavy atom. The third-order valence-corrected chi connectivity index (χ3v) is 5.93. The molecule has 0 spiro atoms. The third-order valence-electron chi connectivity index (χ3n) is 5.93. The number of esters is 1. The lowest BCUT2D eigenvalue weighted by molar-refractivity contribution is -0.154. The second-order valence-electron chi connectivity index (χ2n) is 7.94. The molecule has 2 amide bonds. The van der Waals surface area contributed by atoms with Gasteiger partial charge in [0.25, 0.3) is 0 Å². The number of hydrogen-bond donors (Lipinski definition) is 1. The van der Waals surface area contributed by atoms with Gasteiger partial charge < -0.3 is 9.72 Å². The maximum absolute atomic E-state index is 12.7. The van der Waals surface area contributed by atoms with Crippen LogP contribution in [-0.4, -0.2) is 51.9 Å². The average molecular weight is 402 g/mol. The maximum atomic E-state index is 12.7. The quantitative estimate of drug-likeness (QED) is 0.443. The number of amides is 2. The second-order valence-corrected chi connectivity index (χ2v) is 7.94. The number of hydrogen-bond acceptors (Lipinski definition) is 6. The molecule has 0 bridgehead atoms. The first-order valence-corrected chi connectivity index (χ1v) is 9.92. The van der Waals surface area contributed by atoms with Crippen molar-refractivity contribution in [1.82, 2.24) is 9.88 Å². The van der Waals surface area contributed by atoms with Crippen LogP contribution in [0.1, 0.15) is 71.6 Å². The minimum absolute atomic E-state index is 0.160. The Morgan fingerprint density at radius 2 is 1.66 bits per heavy atom. The normalized spacial score (nSPS) is 22.4. The summed E-state index contributed by atoms with van der Waals surface area (Å²) in [4.78, 5) is 65.6. The summed E-state index contributed by atoms with van der Waals surface area (Å²) < 4.78 is 5.20. The highest BCUT2D eigenvalue weighted by molar-refractivity contribution is 6.08. The van der Waals surface area contributed by atoms with Crippen molar-refractivity contribution in [2.45, 2.75) is 59.5 Å². The van der Waals surface area contributed by atoms with Crippen LogP contribution in [0.15, 0.2) is 0 Å². The number of nitrogens with one attached hydrogen (secondary N) is 1. The van der Waals surface area contributed by atoms with Gasteiger partial charge in [-0.3, -0.25) is 28.9 Å². The number of Topliss-reactive ketones (excluding diaryl/α,β-unsaturated/α-hetero) is 2. The van der Waals surface area contributed by atoms with E-state index in [9.17, 15) is 24.0 Å². The molecule has 0 aromatic carbocycles. The number of fused-ring (bicyclic) bond motifs is 1. The minimum Gasteiger partial charge on any atom is -0.453 e. The lowest BCUT2D eigenvalue weighted by Gasteiger charge is -2.19. The highest BCUT2D eigenvalue weighted by Gasteiger charge is 2.48. The molecule has 0 radical (unpaired) electrons. The van der Waals surface area contributed by atoms with E-state index in [0.29, 0.717) is 29.7 Å². The summed E-state index contributed by atoms with van der Waals surface area (Å²) in [6.07, 6.45) is 2.02. The smallest absolute Gasteiger partial charge is 0.326 e. The molecule has 1 saturated carbocycles. The highest BCUT2D eigenvalue weighted by atomic mass is 16.5. The van der Waals surface area contributed by atoms with Crippen molar-refractivity contribution in [2.75, 3.05) is 6.54 Å². The van der Waals surface area contributed by atoms with Gasteiger partial charge in [-0.2, -0.15) is 0 Å². The van der Waals surface area contributed by atoms with Crippen molar-refractivity contribution in [3.8, 4) is 0 Å². The van der Waals surface area contributed by atoms with Gasteiger partial charge in [0.2, 0.25) is 17.6 Å². The Labute approximate surface area is 169 Å². The number of nitrogens with zero attached hydrogens (tertiary/aromatic N) is 1. The zero-order chi connectivity index (χ0) is 21.5. The number of ketones is 2. The third kappa shape index (κ3) is 3.75. The monoisotopic (exact) mass is 402 g/mol. The molecule has 2 aliphatic rings. The van der Waals surface area contributed by atoms with E-state index in [4.69, 9.17) is 4.74 Å². The van der Waals surface area contributed by atoms with E-state index in [1.165, 1.54) is 13.8 Å². The van der Waals surface area contributed by atoms with Crippen LogP contribution in [0, 0.1) is 25.7 Å². The van der Waals surface area contributed by atoms with E-state index in [-0.39, 0.29) is 35.1 Å². The van der Waals surface area contributed by atoms with Crippen LogP contribution in [0.2, 0.25) is 0 Å². The Morgan fingerprint density at radius 3 is 2.14 bits per heavy atom. The summed E-state index contributed by atoms with van der Waals surface area (Å²) in [5.74, 6) is -2.75. The zero-order valence-corrected chi connectivity index (χ0v) is 17.2. The van der Waals surface area contributed by atoms with E-state index in [1.54, 1.807) is 13.8 Å². The Hall–Kier alpha value is -2.77. The summed E-state index contributed by atoms with van der Waals surface area (Å²) in [7, 11) is 0. The molecule has 1 aromatic heterocycles. The van der Waals surface area contributed by atoms with Crippen molar-refractivity contribution >= 4 is 29.4 Å². The van der Waals surface area contributed by atoms with Gasteiger partial charge in [0.15, 0.2) is 11.9 Å². The average Bonchev–Trinajstić information content (AvgIpc) is 3.09. The largest absolute Gasteiger partial charge is 0.453 e. The van der Waals surface area contributed by atoms with E-state index < -0.39 is 24.4 Å². The highest BCUT2D eigenvalue weighted by Crippen LogP contribution is 2.37. The molecule has 1 aromatic rings. The fourth-order valence-corrected chi connectivity index (χ4v) is 4.53. The summed E-state index contributed by atoms with van der Waals surface area (Å²) in [5.41, 5.74) is 1.75. The lowest BCUT2D eigenvalue weighted by atomic mass is 9.81. The van der Waals surface area contributed by atoms with Gasteiger partial charge in [0, 0.05) is 11.3 Å². The van der Waals surface area contributed by atoms with E-state index in [1.807, 2.05) is 0 Å². The topological polar surface area (TPSA) is 114 Å². The minimum atomic E-state index is -1.12. The van der Waals surface area contributed by atoms with Crippen molar-refractivity contribution < 1.29 is 28.7 Å². The number of aromatic nitrogens is 1. The molecule has 1 aliphatic heterocycles. The molecule has 1 aliphatic carbocycles. The van der Waals surface area contributed by atoms with E-state index >= 15 is 0 Å². The Kier molecular flexibility index (Phi) is 5.73. The summed E-state index contributed by atoms with van der Waals surface area (Å²) >= 11 is 0. The second kappa shape index (κ2) is 7.93. The maximum Gasteiger partial charge on any atom is 0.326 e. The molecular weight excluding hydrogens is 376 g/mol. The number of H-pyrrole nitrogens is 1. The standard InChI is InChI=1S/C21H26N2O6/c1-10-17(12(3)24)11(2)22-18(10)19(26)13(4)29-16(25)9-23-20(27)14-7-5-6-8-15(14)21(23)28/h13-15,22H,5-9H2,1-4H3/t13-,14-,15+/m0/s1. The predicted octanol–water partition coefficient (Wildman–Crippen LogP) is 2.12.